The lowest BCUT2D eigenvalue weighted by Crippen LogP contribution is -2.41. The molecule has 3 atom stereocenters. The Morgan fingerprint density at radius 3 is 2.90 bits per heavy atom. The topological polar surface area (TPSA) is 40.5 Å². The Labute approximate surface area is 132 Å². The van der Waals surface area contributed by atoms with Crippen molar-refractivity contribution in [2.24, 2.45) is 5.92 Å². The number of rotatable bonds is 3. The van der Waals surface area contributed by atoms with E-state index in [9.17, 15) is 9.90 Å². The van der Waals surface area contributed by atoms with Gasteiger partial charge in [-0.3, -0.25) is 9.69 Å². The van der Waals surface area contributed by atoms with E-state index in [-0.39, 0.29) is 6.04 Å². The number of hydrogen-bond donors (Lipinski definition) is 1. The van der Waals surface area contributed by atoms with E-state index < -0.39 is 5.97 Å². The molecule has 3 unspecified atom stereocenters. The summed E-state index contributed by atoms with van der Waals surface area (Å²) in [6.07, 6.45) is 5.71. The van der Waals surface area contributed by atoms with Crippen LogP contribution in [0.1, 0.15) is 41.9 Å². The molecule has 20 heavy (non-hydrogen) atoms. The summed E-state index contributed by atoms with van der Waals surface area (Å²) in [6, 6.07) is 2.31. The molecule has 0 radical (unpaired) electrons. The average molecular weight is 358 g/mol. The van der Waals surface area contributed by atoms with Gasteiger partial charge >= 0.3 is 5.97 Å². The molecule has 3 nitrogen and oxygen atoms in total. The van der Waals surface area contributed by atoms with Gasteiger partial charge in [-0.2, -0.15) is 0 Å². The molecule has 1 saturated carbocycles. The Hall–Kier alpha value is -0.390. The first-order valence-corrected chi connectivity index (χ1v) is 8.90. The third-order valence-electron chi connectivity index (χ3n) is 4.71. The second-order valence-electron chi connectivity index (χ2n) is 6.00. The largest absolute Gasteiger partial charge is 0.480 e. The molecule has 3 rings (SSSR count). The maximum Gasteiger partial charge on any atom is 0.320 e. The number of likely N-dealkylation sites (tertiary alicyclic amines) is 1. The molecule has 5 heteroatoms. The quantitative estimate of drug-likeness (QED) is 0.887. The number of hydrogen-bond acceptors (Lipinski definition) is 3. The highest BCUT2D eigenvalue weighted by Crippen LogP contribution is 2.41. The number of carboxylic acid groups (broad SMARTS) is 1. The van der Waals surface area contributed by atoms with Crippen LogP contribution in [0.2, 0.25) is 0 Å². The Morgan fingerprint density at radius 2 is 2.25 bits per heavy atom. The van der Waals surface area contributed by atoms with E-state index in [2.05, 4.69) is 33.8 Å². The van der Waals surface area contributed by atoms with Crippen molar-refractivity contribution in [3.63, 3.8) is 0 Å². The van der Waals surface area contributed by atoms with Crippen LogP contribution in [0.25, 0.3) is 0 Å². The molecule has 110 valence electrons. The SMILES string of the molecule is Cc1cc(Br)c(CN2C(C(=O)O)CC3CCCCC32)s1. The number of thiophene rings is 1. The van der Waals surface area contributed by atoms with Gasteiger partial charge in [-0.05, 0) is 54.1 Å². The van der Waals surface area contributed by atoms with E-state index in [0.717, 1.165) is 23.9 Å². The van der Waals surface area contributed by atoms with Crippen molar-refractivity contribution in [3.05, 3.63) is 20.3 Å². The third kappa shape index (κ3) is 2.68. The highest BCUT2D eigenvalue weighted by atomic mass is 79.9. The molecular formula is C15H20BrNO2S. The molecule has 0 spiro atoms. The molecule has 2 aliphatic rings. The smallest absolute Gasteiger partial charge is 0.320 e. The molecule has 1 aliphatic carbocycles. The number of aliphatic carboxylic acids is 1. The van der Waals surface area contributed by atoms with Gasteiger partial charge in [-0.1, -0.05) is 12.8 Å². The summed E-state index contributed by atoms with van der Waals surface area (Å²) >= 11 is 5.38. The van der Waals surface area contributed by atoms with Crippen LogP contribution in [0.3, 0.4) is 0 Å². The maximum atomic E-state index is 11.6. The van der Waals surface area contributed by atoms with Crippen molar-refractivity contribution < 1.29 is 9.90 Å². The Balaban J connectivity index is 1.84. The van der Waals surface area contributed by atoms with E-state index in [1.807, 2.05) is 0 Å². The third-order valence-corrected chi connectivity index (χ3v) is 6.72. The summed E-state index contributed by atoms with van der Waals surface area (Å²) in [7, 11) is 0. The second kappa shape index (κ2) is 5.78. The van der Waals surface area contributed by atoms with Gasteiger partial charge in [0.05, 0.1) is 0 Å². The lowest BCUT2D eigenvalue weighted by atomic mass is 9.85. The Morgan fingerprint density at radius 1 is 1.50 bits per heavy atom. The minimum atomic E-state index is -0.649. The lowest BCUT2D eigenvalue weighted by molar-refractivity contribution is -0.142. The number of carboxylic acids is 1. The first-order valence-electron chi connectivity index (χ1n) is 7.29. The first-order chi connectivity index (χ1) is 9.56. The zero-order chi connectivity index (χ0) is 14.3. The predicted octanol–water partition coefficient (Wildman–Crippen LogP) is 4.04. The van der Waals surface area contributed by atoms with Gasteiger partial charge in [0.2, 0.25) is 0 Å². The zero-order valence-electron chi connectivity index (χ0n) is 11.6. The Kier molecular flexibility index (Phi) is 4.20. The lowest BCUT2D eigenvalue weighted by Gasteiger charge is -2.32. The van der Waals surface area contributed by atoms with E-state index in [4.69, 9.17) is 0 Å². The van der Waals surface area contributed by atoms with E-state index in [0.29, 0.717) is 12.0 Å². The van der Waals surface area contributed by atoms with Crippen LogP contribution < -0.4 is 0 Å². The highest BCUT2D eigenvalue weighted by molar-refractivity contribution is 9.10. The fourth-order valence-electron chi connectivity index (χ4n) is 3.83. The predicted molar refractivity (Wildman–Crippen MR) is 84.1 cm³/mol. The molecule has 1 saturated heterocycles. The molecule has 1 N–H and O–H groups in total. The fourth-order valence-corrected chi connectivity index (χ4v) is 5.63. The number of halogens is 1. The van der Waals surface area contributed by atoms with Gasteiger partial charge in [0.25, 0.3) is 0 Å². The minimum absolute atomic E-state index is 0.294. The summed E-state index contributed by atoms with van der Waals surface area (Å²) in [5.74, 6) is -0.0616. The molecule has 1 aromatic heterocycles. The van der Waals surface area contributed by atoms with Crippen LogP contribution in [0.5, 0.6) is 0 Å². The number of aryl methyl sites for hydroxylation is 1. The average Bonchev–Trinajstić information content (AvgIpc) is 2.91. The minimum Gasteiger partial charge on any atom is -0.480 e. The number of carbonyl (C=O) groups is 1. The molecular weight excluding hydrogens is 338 g/mol. The summed E-state index contributed by atoms with van der Waals surface area (Å²) in [5.41, 5.74) is 0. The van der Waals surface area contributed by atoms with Gasteiger partial charge in [0.1, 0.15) is 6.04 Å². The highest BCUT2D eigenvalue weighted by Gasteiger charge is 2.45. The summed E-state index contributed by atoms with van der Waals surface area (Å²) in [4.78, 5) is 16.4. The van der Waals surface area contributed by atoms with E-state index in [1.54, 1.807) is 11.3 Å². The number of fused-ring (bicyclic) bond motifs is 1. The number of nitrogens with zero attached hydrogens (tertiary/aromatic N) is 1. The molecule has 0 aromatic carbocycles. The first kappa shape index (κ1) is 14.5. The van der Waals surface area contributed by atoms with Gasteiger partial charge in [-0.25, -0.2) is 0 Å². The van der Waals surface area contributed by atoms with Crippen LogP contribution in [0, 0.1) is 12.8 Å². The zero-order valence-corrected chi connectivity index (χ0v) is 14.0. The molecule has 1 aliphatic heterocycles. The Bertz CT molecular complexity index is 516. The monoisotopic (exact) mass is 357 g/mol. The van der Waals surface area contributed by atoms with Crippen LogP contribution in [-0.2, 0) is 11.3 Å². The molecule has 1 aromatic rings. The van der Waals surface area contributed by atoms with Crippen molar-refractivity contribution in [1.82, 2.24) is 4.90 Å². The molecule has 2 fully saturated rings. The molecule has 2 heterocycles. The normalized spacial score (nSPS) is 30.4. The summed E-state index contributed by atoms with van der Waals surface area (Å²) in [5, 5.41) is 9.53. The molecule has 0 amide bonds. The molecule has 0 bridgehead atoms. The van der Waals surface area contributed by atoms with E-state index >= 15 is 0 Å². The fraction of sp³-hybridized carbons (Fsp3) is 0.667. The summed E-state index contributed by atoms with van der Waals surface area (Å²) < 4.78 is 1.13. The van der Waals surface area contributed by atoms with Crippen molar-refractivity contribution in [2.75, 3.05) is 0 Å². The second-order valence-corrected chi connectivity index (χ2v) is 8.20. The van der Waals surface area contributed by atoms with Crippen LogP contribution >= 0.6 is 27.3 Å². The van der Waals surface area contributed by atoms with Crippen molar-refractivity contribution in [1.29, 1.82) is 0 Å². The van der Waals surface area contributed by atoms with Crippen molar-refractivity contribution >= 4 is 33.2 Å². The van der Waals surface area contributed by atoms with Crippen molar-refractivity contribution in [3.8, 4) is 0 Å². The summed E-state index contributed by atoms with van der Waals surface area (Å²) in [6.45, 7) is 2.87. The van der Waals surface area contributed by atoms with Crippen LogP contribution in [0.4, 0.5) is 0 Å². The standard InChI is InChI=1S/C15H20BrNO2S/c1-9-6-11(16)14(20-9)8-17-12-5-3-2-4-10(12)7-13(17)15(18)19/h6,10,12-13H,2-5,7-8H2,1H3,(H,18,19). The van der Waals surface area contributed by atoms with Gasteiger partial charge < -0.3 is 5.11 Å². The van der Waals surface area contributed by atoms with Crippen molar-refractivity contribution in [2.45, 2.75) is 57.7 Å². The van der Waals surface area contributed by atoms with E-state index in [1.165, 1.54) is 29.0 Å². The van der Waals surface area contributed by atoms with Gasteiger partial charge in [0.15, 0.2) is 0 Å². The van der Waals surface area contributed by atoms with Gasteiger partial charge in [-0.15, -0.1) is 11.3 Å². The maximum absolute atomic E-state index is 11.6. The van der Waals surface area contributed by atoms with Gasteiger partial charge in [0, 0.05) is 26.8 Å². The van der Waals surface area contributed by atoms with Crippen LogP contribution in [-0.4, -0.2) is 28.1 Å². The van der Waals surface area contributed by atoms with Crippen LogP contribution in [0.15, 0.2) is 10.5 Å².